The molecule has 0 amide bonds. The quantitative estimate of drug-likeness (QED) is 0.383. The molecule has 0 radical (unpaired) electrons. The number of carbonyl (C=O) groups is 1. The minimum absolute atomic E-state index is 0.00596. The highest BCUT2D eigenvalue weighted by molar-refractivity contribution is 5.88. The van der Waals surface area contributed by atoms with Gasteiger partial charge in [-0.2, -0.15) is 0 Å². The molecule has 25 heavy (non-hydrogen) atoms. The van der Waals surface area contributed by atoms with Gasteiger partial charge in [-0.25, -0.2) is 9.48 Å². The molecule has 0 aliphatic rings. The van der Waals surface area contributed by atoms with Crippen molar-refractivity contribution in [3.8, 4) is 0 Å². The Morgan fingerprint density at radius 2 is 2.04 bits per heavy atom. The molecule has 126 valence electrons. The van der Waals surface area contributed by atoms with Crippen molar-refractivity contribution in [3.63, 3.8) is 0 Å². The summed E-state index contributed by atoms with van der Waals surface area (Å²) in [7, 11) is 0. The summed E-state index contributed by atoms with van der Waals surface area (Å²) in [4.78, 5) is 25.9. The van der Waals surface area contributed by atoms with Crippen LogP contribution < -0.4 is 0 Å². The van der Waals surface area contributed by atoms with E-state index in [2.05, 4.69) is 15.3 Å². The van der Waals surface area contributed by atoms with Crippen LogP contribution in [0.5, 0.6) is 0 Å². The van der Waals surface area contributed by atoms with E-state index in [1.807, 2.05) is 0 Å². The topological polar surface area (TPSA) is 113 Å². The van der Waals surface area contributed by atoms with Crippen LogP contribution in [0, 0.1) is 10.1 Å². The third-order valence-electron chi connectivity index (χ3n) is 3.33. The minimum atomic E-state index is -0.488. The summed E-state index contributed by atoms with van der Waals surface area (Å²) in [5.74, 6) is -0.488. The van der Waals surface area contributed by atoms with Gasteiger partial charge < -0.3 is 4.74 Å². The Morgan fingerprint density at radius 3 is 2.72 bits per heavy atom. The van der Waals surface area contributed by atoms with Crippen molar-refractivity contribution >= 4 is 11.7 Å². The summed E-state index contributed by atoms with van der Waals surface area (Å²) in [6.07, 6.45) is 4.65. The van der Waals surface area contributed by atoms with E-state index in [4.69, 9.17) is 4.74 Å². The molecule has 2 aromatic heterocycles. The van der Waals surface area contributed by atoms with Crippen LogP contribution in [0.4, 0.5) is 5.69 Å². The van der Waals surface area contributed by atoms with E-state index in [1.165, 1.54) is 18.3 Å². The third-order valence-corrected chi connectivity index (χ3v) is 3.33. The van der Waals surface area contributed by atoms with Gasteiger partial charge in [0.05, 0.1) is 23.2 Å². The second-order valence-corrected chi connectivity index (χ2v) is 5.15. The zero-order chi connectivity index (χ0) is 17.6. The van der Waals surface area contributed by atoms with Gasteiger partial charge in [-0.05, 0) is 17.7 Å². The third kappa shape index (κ3) is 4.22. The lowest BCUT2D eigenvalue weighted by Gasteiger charge is -2.02. The van der Waals surface area contributed by atoms with Gasteiger partial charge in [-0.3, -0.25) is 15.1 Å². The van der Waals surface area contributed by atoms with Gasteiger partial charge in [0.15, 0.2) is 0 Å². The number of ether oxygens (including phenoxy) is 1. The number of non-ortho nitro benzene ring substituents is 1. The number of nitro groups is 1. The number of hydrogen-bond donors (Lipinski definition) is 0. The SMILES string of the molecule is O=C(OCc1cn(Cc2ccc([N+](=O)[O-])cc2)nn1)c1cccnc1. The molecule has 0 atom stereocenters. The first-order chi connectivity index (χ1) is 12.1. The summed E-state index contributed by atoms with van der Waals surface area (Å²) in [6, 6.07) is 9.44. The maximum Gasteiger partial charge on any atom is 0.340 e. The summed E-state index contributed by atoms with van der Waals surface area (Å²) in [5, 5.41) is 18.5. The Bertz CT molecular complexity index is 877. The maximum atomic E-state index is 11.8. The first kappa shape index (κ1) is 16.2. The first-order valence-electron chi connectivity index (χ1n) is 7.31. The van der Waals surface area contributed by atoms with Crippen LogP contribution in [0.3, 0.4) is 0 Å². The van der Waals surface area contributed by atoms with Crippen molar-refractivity contribution < 1.29 is 14.5 Å². The monoisotopic (exact) mass is 339 g/mol. The lowest BCUT2D eigenvalue weighted by atomic mass is 10.2. The lowest BCUT2D eigenvalue weighted by Crippen LogP contribution is -2.05. The predicted molar refractivity (Wildman–Crippen MR) is 85.6 cm³/mol. The zero-order valence-electron chi connectivity index (χ0n) is 13.0. The maximum absolute atomic E-state index is 11.8. The van der Waals surface area contributed by atoms with E-state index < -0.39 is 10.9 Å². The molecule has 0 N–H and O–H groups in total. The highest BCUT2D eigenvalue weighted by Crippen LogP contribution is 2.12. The lowest BCUT2D eigenvalue weighted by molar-refractivity contribution is -0.384. The van der Waals surface area contributed by atoms with E-state index in [0.29, 0.717) is 17.8 Å². The van der Waals surface area contributed by atoms with E-state index in [0.717, 1.165) is 5.56 Å². The average molecular weight is 339 g/mol. The Morgan fingerprint density at radius 1 is 1.24 bits per heavy atom. The molecule has 2 heterocycles. The van der Waals surface area contributed by atoms with Crippen LogP contribution in [-0.2, 0) is 17.9 Å². The van der Waals surface area contributed by atoms with Gasteiger partial charge in [-0.1, -0.05) is 17.3 Å². The second-order valence-electron chi connectivity index (χ2n) is 5.15. The zero-order valence-corrected chi connectivity index (χ0v) is 13.0. The van der Waals surface area contributed by atoms with Gasteiger partial charge >= 0.3 is 5.97 Å². The van der Waals surface area contributed by atoms with Crippen molar-refractivity contribution in [1.29, 1.82) is 0 Å². The molecule has 1 aromatic carbocycles. The van der Waals surface area contributed by atoms with Crippen molar-refractivity contribution in [1.82, 2.24) is 20.0 Å². The van der Waals surface area contributed by atoms with Crippen molar-refractivity contribution in [3.05, 3.63) is 81.9 Å². The standard InChI is InChI=1S/C16H13N5O4/c22-16(13-2-1-7-17-8-13)25-11-14-10-20(19-18-14)9-12-3-5-15(6-4-12)21(23)24/h1-8,10H,9,11H2. The molecule has 0 aliphatic carbocycles. The molecule has 0 saturated heterocycles. The average Bonchev–Trinajstić information content (AvgIpc) is 3.08. The number of carbonyl (C=O) groups excluding carboxylic acids is 1. The van der Waals surface area contributed by atoms with Crippen molar-refractivity contribution in [2.45, 2.75) is 13.2 Å². The Labute approximate surface area is 142 Å². The van der Waals surface area contributed by atoms with Gasteiger partial charge in [0.1, 0.15) is 12.3 Å². The number of nitrogens with zero attached hydrogens (tertiary/aromatic N) is 5. The largest absolute Gasteiger partial charge is 0.455 e. The van der Waals surface area contributed by atoms with E-state index in [1.54, 1.807) is 41.3 Å². The van der Waals surface area contributed by atoms with Crippen LogP contribution in [0.1, 0.15) is 21.6 Å². The molecule has 0 aliphatic heterocycles. The van der Waals surface area contributed by atoms with E-state index in [9.17, 15) is 14.9 Å². The predicted octanol–water partition coefficient (Wildman–Crippen LogP) is 1.99. The molecule has 9 heteroatoms. The Kier molecular flexibility index (Phi) is 4.74. The number of aromatic nitrogens is 4. The number of hydrogen-bond acceptors (Lipinski definition) is 7. The van der Waals surface area contributed by atoms with Gasteiger partial charge in [-0.15, -0.1) is 5.10 Å². The van der Waals surface area contributed by atoms with Crippen LogP contribution >= 0.6 is 0 Å². The summed E-state index contributed by atoms with van der Waals surface area (Å²) < 4.78 is 6.71. The molecule has 3 rings (SSSR count). The molecule has 0 saturated carbocycles. The molecule has 0 bridgehead atoms. The minimum Gasteiger partial charge on any atom is -0.455 e. The summed E-state index contributed by atoms with van der Waals surface area (Å²) in [5.41, 5.74) is 1.74. The van der Waals surface area contributed by atoms with Crippen molar-refractivity contribution in [2.24, 2.45) is 0 Å². The number of benzene rings is 1. The Hall–Kier alpha value is -3.62. The highest BCUT2D eigenvalue weighted by Gasteiger charge is 2.09. The van der Waals surface area contributed by atoms with Crippen LogP contribution in [0.15, 0.2) is 55.0 Å². The molecular formula is C16H13N5O4. The van der Waals surface area contributed by atoms with Crippen LogP contribution in [0.2, 0.25) is 0 Å². The van der Waals surface area contributed by atoms with Crippen LogP contribution in [0.25, 0.3) is 0 Å². The van der Waals surface area contributed by atoms with Gasteiger partial charge in [0.2, 0.25) is 0 Å². The number of esters is 1. The second kappa shape index (κ2) is 7.30. The summed E-state index contributed by atoms with van der Waals surface area (Å²) >= 11 is 0. The van der Waals surface area contributed by atoms with Gasteiger partial charge in [0, 0.05) is 24.5 Å². The normalized spacial score (nSPS) is 10.4. The highest BCUT2D eigenvalue weighted by atomic mass is 16.6. The summed E-state index contributed by atoms with van der Waals surface area (Å²) in [6.45, 7) is 0.398. The van der Waals surface area contributed by atoms with Crippen molar-refractivity contribution in [2.75, 3.05) is 0 Å². The molecule has 3 aromatic rings. The molecule has 0 unspecified atom stereocenters. The van der Waals surface area contributed by atoms with Crippen LogP contribution in [-0.4, -0.2) is 30.9 Å². The molecule has 0 fully saturated rings. The molecule has 0 spiro atoms. The molecular weight excluding hydrogens is 326 g/mol. The van der Waals surface area contributed by atoms with E-state index >= 15 is 0 Å². The van der Waals surface area contributed by atoms with E-state index in [-0.39, 0.29) is 12.3 Å². The fourth-order valence-corrected chi connectivity index (χ4v) is 2.10. The Balaban J connectivity index is 1.57. The first-order valence-corrected chi connectivity index (χ1v) is 7.31. The molecule has 9 nitrogen and oxygen atoms in total. The number of pyridine rings is 1. The van der Waals surface area contributed by atoms with Gasteiger partial charge in [0.25, 0.3) is 5.69 Å². The smallest absolute Gasteiger partial charge is 0.340 e. The number of nitro benzene ring substituents is 1. The fourth-order valence-electron chi connectivity index (χ4n) is 2.10. The number of rotatable bonds is 6. The fraction of sp³-hybridized carbons (Fsp3) is 0.125.